The third-order valence-electron chi connectivity index (χ3n) is 5.47. The van der Waals surface area contributed by atoms with Gasteiger partial charge < -0.3 is 20.1 Å². The number of benzene rings is 1. The molecule has 0 aliphatic rings. The van der Waals surface area contributed by atoms with Gasteiger partial charge in [-0.25, -0.2) is 0 Å². The molecule has 0 saturated heterocycles. The highest BCUT2D eigenvalue weighted by atomic mass is 31.2. The Morgan fingerprint density at radius 3 is 2.09 bits per heavy atom. The predicted octanol–water partition coefficient (Wildman–Crippen LogP) is 4.48. The van der Waals surface area contributed by atoms with E-state index in [4.69, 9.17) is 14.8 Å². The number of carbonyl (C=O) groups excluding carboxylic acids is 2. The summed E-state index contributed by atoms with van der Waals surface area (Å²) >= 11 is 0. The Morgan fingerprint density at radius 2 is 1.66 bits per heavy atom. The fraction of sp³-hybridized carbons (Fsp3) is 0.565. The molecule has 0 radical (unpaired) electrons. The largest absolute Gasteiger partial charge is 0.368 e. The zero-order chi connectivity index (χ0) is 24.6. The van der Waals surface area contributed by atoms with Crippen LogP contribution in [0.3, 0.4) is 0 Å². The predicted molar refractivity (Wildman–Crippen MR) is 131 cm³/mol. The van der Waals surface area contributed by atoms with Crippen molar-refractivity contribution in [3.63, 3.8) is 0 Å². The van der Waals surface area contributed by atoms with E-state index in [0.717, 1.165) is 5.56 Å². The van der Waals surface area contributed by atoms with E-state index in [0.29, 0.717) is 5.56 Å². The van der Waals surface area contributed by atoms with Gasteiger partial charge in [-0.2, -0.15) is 0 Å². The summed E-state index contributed by atoms with van der Waals surface area (Å²) in [6, 6.07) is 5.71. The van der Waals surface area contributed by atoms with Crippen LogP contribution in [-0.4, -0.2) is 39.1 Å². The van der Waals surface area contributed by atoms with Gasteiger partial charge in [-0.3, -0.25) is 14.2 Å². The van der Waals surface area contributed by atoms with Crippen molar-refractivity contribution in [3.05, 3.63) is 35.4 Å². The maximum Gasteiger partial charge on any atom is 0.335 e. The van der Waals surface area contributed by atoms with Crippen LogP contribution in [0.15, 0.2) is 24.3 Å². The third-order valence-corrected chi connectivity index (χ3v) is 12.1. The molecule has 0 aromatic heterocycles. The molecule has 1 aromatic rings. The van der Waals surface area contributed by atoms with Crippen LogP contribution < -0.4 is 11.1 Å². The molecule has 1 rings (SSSR count). The Labute approximate surface area is 193 Å². The molecule has 1 atom stereocenters. The second-order valence-electron chi connectivity index (χ2n) is 9.11. The van der Waals surface area contributed by atoms with Crippen molar-refractivity contribution in [1.29, 1.82) is 0 Å². The van der Waals surface area contributed by atoms with Crippen molar-refractivity contribution < 1.29 is 23.2 Å². The fourth-order valence-corrected chi connectivity index (χ4v) is 5.15. The molecule has 0 bridgehead atoms. The lowest BCUT2D eigenvalue weighted by atomic mass is 10.1. The second-order valence-corrected chi connectivity index (χ2v) is 16.2. The van der Waals surface area contributed by atoms with Gasteiger partial charge in [0.05, 0.1) is 19.4 Å². The number of carbonyl (C=O) groups is 2. The van der Waals surface area contributed by atoms with Crippen molar-refractivity contribution in [2.24, 2.45) is 5.73 Å². The van der Waals surface area contributed by atoms with E-state index >= 15 is 0 Å². The van der Waals surface area contributed by atoms with E-state index in [1.165, 1.54) is 0 Å². The Bertz CT molecular complexity index is 888. The number of amides is 2. The van der Waals surface area contributed by atoms with E-state index in [1.807, 2.05) is 0 Å². The number of hydrogen-bond acceptors (Lipinski definition) is 5. The summed E-state index contributed by atoms with van der Waals surface area (Å²) in [7, 11) is -5.05. The second kappa shape index (κ2) is 11.8. The molecule has 178 valence electrons. The number of nitrogens with two attached hydrogens (primary N) is 1. The quantitative estimate of drug-likeness (QED) is 0.292. The summed E-state index contributed by atoms with van der Waals surface area (Å²) in [5, 5.41) is 2.76. The van der Waals surface area contributed by atoms with Crippen LogP contribution in [0, 0.1) is 11.5 Å². The van der Waals surface area contributed by atoms with E-state index in [-0.39, 0.29) is 30.8 Å². The first-order valence-corrected chi connectivity index (χ1v) is 15.5. The summed E-state index contributed by atoms with van der Waals surface area (Å²) in [5.41, 5.74) is 9.89. The third kappa shape index (κ3) is 8.55. The number of nitrogens with one attached hydrogen (secondary N) is 1. The Kier molecular flexibility index (Phi) is 10.4. The first-order valence-electron chi connectivity index (χ1n) is 10.8. The van der Waals surface area contributed by atoms with Crippen LogP contribution in [0.2, 0.25) is 18.1 Å². The lowest BCUT2D eigenvalue weighted by molar-refractivity contribution is -0.119. The van der Waals surface area contributed by atoms with Gasteiger partial charge in [0.2, 0.25) is 5.91 Å². The number of primary amides is 1. The summed E-state index contributed by atoms with van der Waals surface area (Å²) in [6.07, 6.45) is 0.279. The van der Waals surface area contributed by atoms with Gasteiger partial charge in [-0.05, 0) is 36.6 Å². The number of hydrogen-bond donors (Lipinski definition) is 2. The van der Waals surface area contributed by atoms with Gasteiger partial charge in [0.1, 0.15) is 14.1 Å². The molecular weight excluding hydrogens is 443 g/mol. The van der Waals surface area contributed by atoms with Gasteiger partial charge in [-0.15, -0.1) is 11.5 Å². The van der Waals surface area contributed by atoms with Crippen LogP contribution in [0.1, 0.15) is 57.0 Å². The zero-order valence-electron chi connectivity index (χ0n) is 20.3. The van der Waals surface area contributed by atoms with Crippen LogP contribution in [-0.2, 0) is 24.6 Å². The summed E-state index contributed by atoms with van der Waals surface area (Å²) in [4.78, 5) is 24.5. The standard InChI is InChI=1S/C23H37N2O5PSi/c1-8-29-31(28,30-9-2)17-18-12-14-19(15-13-18)22(27)25-20(21(24)26)11-10-16-32(6,7)23(3,4)5/h12-15,20H,8-9,11,17H2,1-7H3,(H2,24,26)(H,25,27)/t20-/m1/s1. The van der Waals surface area contributed by atoms with Gasteiger partial charge >= 0.3 is 7.60 Å². The van der Waals surface area contributed by atoms with E-state index in [2.05, 4.69) is 50.6 Å². The lowest BCUT2D eigenvalue weighted by Crippen LogP contribution is -2.44. The van der Waals surface area contributed by atoms with Crippen molar-refractivity contribution in [2.75, 3.05) is 13.2 Å². The molecule has 32 heavy (non-hydrogen) atoms. The minimum absolute atomic E-state index is 0.0987. The Hall–Kier alpha value is -1.91. The van der Waals surface area contributed by atoms with Crippen LogP contribution in [0.5, 0.6) is 0 Å². The van der Waals surface area contributed by atoms with Gasteiger partial charge in [0.25, 0.3) is 5.91 Å². The molecule has 7 nitrogen and oxygen atoms in total. The highest BCUT2D eigenvalue weighted by Gasteiger charge is 2.33. The van der Waals surface area contributed by atoms with E-state index in [1.54, 1.807) is 38.1 Å². The topological polar surface area (TPSA) is 108 Å². The van der Waals surface area contributed by atoms with Crippen LogP contribution in [0.4, 0.5) is 0 Å². The van der Waals surface area contributed by atoms with Crippen molar-refractivity contribution in [2.45, 2.75) is 71.4 Å². The molecule has 1 aromatic carbocycles. The molecule has 0 fully saturated rings. The molecule has 9 heteroatoms. The minimum atomic E-state index is -3.23. The summed E-state index contributed by atoms with van der Waals surface area (Å²) in [5.74, 6) is 2.01. The fourth-order valence-electron chi connectivity index (χ4n) is 2.53. The number of rotatable bonds is 10. The Balaban J connectivity index is 2.87. The van der Waals surface area contributed by atoms with Gasteiger partial charge in [-0.1, -0.05) is 46.0 Å². The average molecular weight is 481 g/mol. The maximum absolute atomic E-state index is 12.7. The molecule has 0 unspecified atom stereocenters. The van der Waals surface area contributed by atoms with Crippen LogP contribution in [0.25, 0.3) is 0 Å². The first-order chi connectivity index (χ1) is 14.7. The molecule has 3 N–H and O–H groups in total. The van der Waals surface area contributed by atoms with Crippen molar-refractivity contribution in [1.82, 2.24) is 5.32 Å². The van der Waals surface area contributed by atoms with Crippen molar-refractivity contribution in [3.8, 4) is 11.5 Å². The summed E-state index contributed by atoms with van der Waals surface area (Å²) < 4.78 is 23.3. The van der Waals surface area contributed by atoms with Crippen LogP contribution >= 0.6 is 7.60 Å². The van der Waals surface area contributed by atoms with E-state index in [9.17, 15) is 14.2 Å². The molecule has 0 heterocycles. The molecule has 2 amide bonds. The molecule has 0 aliphatic heterocycles. The highest BCUT2D eigenvalue weighted by molar-refractivity contribution is 7.53. The smallest absolute Gasteiger partial charge is 0.335 e. The van der Waals surface area contributed by atoms with E-state index < -0.39 is 33.5 Å². The Morgan fingerprint density at radius 1 is 1.12 bits per heavy atom. The first kappa shape index (κ1) is 28.1. The molecule has 0 saturated carbocycles. The monoisotopic (exact) mass is 480 g/mol. The molecular formula is C23H37N2O5PSi. The highest BCUT2D eigenvalue weighted by Crippen LogP contribution is 2.51. The lowest BCUT2D eigenvalue weighted by Gasteiger charge is -2.31. The van der Waals surface area contributed by atoms with Gasteiger partial charge in [0.15, 0.2) is 0 Å². The SMILES string of the molecule is CCOP(=O)(Cc1ccc(C(=O)N[C@H](CC#C[Si](C)(C)C(C)(C)C)C(N)=O)cc1)OCC. The summed E-state index contributed by atoms with van der Waals surface area (Å²) in [6.45, 7) is 14.9. The zero-order valence-corrected chi connectivity index (χ0v) is 22.2. The maximum atomic E-state index is 12.7. The van der Waals surface area contributed by atoms with Crippen molar-refractivity contribution >= 4 is 27.5 Å². The van der Waals surface area contributed by atoms with Gasteiger partial charge in [0, 0.05) is 12.0 Å². The molecule has 0 spiro atoms. The minimum Gasteiger partial charge on any atom is -0.368 e. The molecule has 0 aliphatic carbocycles. The average Bonchev–Trinajstić information content (AvgIpc) is 2.66. The normalized spacial score (nSPS) is 13.1.